The number of rotatable bonds is 0. The lowest BCUT2D eigenvalue weighted by Gasteiger charge is -2.21. The third-order valence-corrected chi connectivity index (χ3v) is 3.54. The molecule has 0 radical (unpaired) electrons. The minimum atomic E-state index is -0.245. The van der Waals surface area contributed by atoms with E-state index in [0.717, 1.165) is 35.8 Å². The molecule has 1 unspecified atom stereocenters. The van der Waals surface area contributed by atoms with Crippen molar-refractivity contribution in [3.05, 3.63) is 39.7 Å². The number of fused-ring (bicyclic) bond motifs is 3. The van der Waals surface area contributed by atoms with E-state index in [1.807, 2.05) is 6.07 Å². The van der Waals surface area contributed by atoms with Crippen LogP contribution in [-0.4, -0.2) is 5.11 Å². The van der Waals surface area contributed by atoms with Crippen LogP contribution in [0.3, 0.4) is 0 Å². The molecule has 1 N–H and O–H groups in total. The van der Waals surface area contributed by atoms with Crippen LogP contribution in [0.1, 0.15) is 24.5 Å². The number of hydrogen-bond acceptors (Lipinski definition) is 3. The summed E-state index contributed by atoms with van der Waals surface area (Å²) in [6.45, 7) is 2.20. The Balaban J connectivity index is 2.36. The van der Waals surface area contributed by atoms with Crippen LogP contribution in [0.2, 0.25) is 0 Å². The van der Waals surface area contributed by atoms with E-state index in [2.05, 4.69) is 6.92 Å². The second kappa shape index (κ2) is 3.62. The first-order valence-electron chi connectivity index (χ1n) is 5.92. The zero-order chi connectivity index (χ0) is 12.0. The summed E-state index contributed by atoms with van der Waals surface area (Å²) in [5.74, 6) is 0.728. The number of hydrogen-bond donors (Lipinski definition) is 1. The van der Waals surface area contributed by atoms with E-state index in [-0.39, 0.29) is 11.4 Å². The van der Waals surface area contributed by atoms with Gasteiger partial charge in [-0.05, 0) is 42.9 Å². The molecule has 0 spiro atoms. The lowest BCUT2D eigenvalue weighted by molar-refractivity contribution is 0.465. The Morgan fingerprint density at radius 1 is 1.35 bits per heavy atom. The Bertz CT molecular complexity index is 640. The molecule has 1 aliphatic carbocycles. The van der Waals surface area contributed by atoms with Gasteiger partial charge in [-0.3, -0.25) is 0 Å². The summed E-state index contributed by atoms with van der Waals surface area (Å²) in [6.07, 6.45) is 2.76. The van der Waals surface area contributed by atoms with Gasteiger partial charge in [-0.2, -0.15) is 0 Å². The van der Waals surface area contributed by atoms with Gasteiger partial charge in [0.25, 0.3) is 0 Å². The number of aromatic hydroxyl groups is 1. The Morgan fingerprint density at radius 2 is 2.18 bits per heavy atom. The fourth-order valence-corrected chi connectivity index (χ4v) is 2.62. The van der Waals surface area contributed by atoms with Crippen molar-refractivity contribution in [2.75, 3.05) is 0 Å². The molecule has 17 heavy (non-hydrogen) atoms. The standard InChI is InChI=1S/C14H14O3/c1-8-2-4-11-12(6-8)10-5-3-9(15)7-13(10)17-14(11)16/h3,5,7-8,15H,2,4,6H2,1H3. The molecule has 0 bridgehead atoms. The molecular formula is C14H14O3. The van der Waals surface area contributed by atoms with E-state index < -0.39 is 0 Å². The van der Waals surface area contributed by atoms with Gasteiger partial charge in [-0.1, -0.05) is 6.92 Å². The summed E-state index contributed by atoms with van der Waals surface area (Å²) < 4.78 is 5.26. The summed E-state index contributed by atoms with van der Waals surface area (Å²) in [6, 6.07) is 4.99. The van der Waals surface area contributed by atoms with Crippen LogP contribution in [0.15, 0.2) is 27.4 Å². The van der Waals surface area contributed by atoms with Crippen molar-refractivity contribution in [1.29, 1.82) is 0 Å². The predicted octanol–water partition coefficient (Wildman–Crippen LogP) is 2.62. The normalized spacial score (nSPS) is 19.2. The molecule has 0 fully saturated rings. The van der Waals surface area contributed by atoms with Crippen LogP contribution in [0.25, 0.3) is 11.0 Å². The molecule has 0 saturated carbocycles. The van der Waals surface area contributed by atoms with Crippen molar-refractivity contribution in [2.45, 2.75) is 26.2 Å². The Kier molecular flexibility index (Phi) is 2.21. The van der Waals surface area contributed by atoms with Gasteiger partial charge in [0, 0.05) is 17.0 Å². The third kappa shape index (κ3) is 1.62. The second-order valence-electron chi connectivity index (χ2n) is 4.88. The topological polar surface area (TPSA) is 50.4 Å². The van der Waals surface area contributed by atoms with Crippen molar-refractivity contribution in [3.8, 4) is 5.75 Å². The number of benzene rings is 1. The maximum atomic E-state index is 11.8. The van der Waals surface area contributed by atoms with Crippen LogP contribution >= 0.6 is 0 Å². The first kappa shape index (κ1) is 10.4. The molecule has 88 valence electrons. The molecular weight excluding hydrogens is 216 g/mol. The van der Waals surface area contributed by atoms with Crippen molar-refractivity contribution in [2.24, 2.45) is 5.92 Å². The number of phenolic OH excluding ortho intramolecular Hbond substituents is 1. The molecule has 3 nitrogen and oxygen atoms in total. The van der Waals surface area contributed by atoms with Gasteiger partial charge in [0.2, 0.25) is 0 Å². The van der Waals surface area contributed by atoms with Gasteiger partial charge in [0.1, 0.15) is 11.3 Å². The molecule has 1 aromatic heterocycles. The summed E-state index contributed by atoms with van der Waals surface area (Å²) in [4.78, 5) is 11.8. The van der Waals surface area contributed by atoms with Gasteiger partial charge in [0.05, 0.1) is 0 Å². The average molecular weight is 230 g/mol. The zero-order valence-corrected chi connectivity index (χ0v) is 9.69. The first-order valence-corrected chi connectivity index (χ1v) is 5.92. The highest BCUT2D eigenvalue weighted by Gasteiger charge is 2.21. The first-order chi connectivity index (χ1) is 8.15. The molecule has 2 aromatic rings. The predicted molar refractivity (Wildman–Crippen MR) is 65.3 cm³/mol. The highest BCUT2D eigenvalue weighted by molar-refractivity contribution is 5.82. The summed E-state index contributed by atoms with van der Waals surface area (Å²) >= 11 is 0. The van der Waals surface area contributed by atoms with Gasteiger partial charge >= 0.3 is 5.63 Å². The van der Waals surface area contributed by atoms with E-state index in [9.17, 15) is 9.90 Å². The van der Waals surface area contributed by atoms with E-state index in [1.54, 1.807) is 6.07 Å². The van der Waals surface area contributed by atoms with Crippen LogP contribution in [-0.2, 0) is 12.8 Å². The minimum absolute atomic E-state index is 0.129. The van der Waals surface area contributed by atoms with Crippen LogP contribution in [0.4, 0.5) is 0 Å². The lowest BCUT2D eigenvalue weighted by Crippen LogP contribution is -2.20. The molecule has 3 heteroatoms. The highest BCUT2D eigenvalue weighted by Crippen LogP contribution is 2.30. The molecule has 0 saturated heterocycles. The van der Waals surface area contributed by atoms with E-state index in [0.29, 0.717) is 11.5 Å². The van der Waals surface area contributed by atoms with Gasteiger partial charge < -0.3 is 9.52 Å². The molecule has 1 aromatic carbocycles. The maximum Gasteiger partial charge on any atom is 0.339 e. The fourth-order valence-electron chi connectivity index (χ4n) is 2.62. The van der Waals surface area contributed by atoms with Gasteiger partial charge in [-0.15, -0.1) is 0 Å². The lowest BCUT2D eigenvalue weighted by atomic mass is 9.84. The number of phenols is 1. The van der Waals surface area contributed by atoms with Crippen LogP contribution < -0.4 is 5.63 Å². The molecule has 1 atom stereocenters. The monoisotopic (exact) mass is 230 g/mol. The molecule has 0 amide bonds. The van der Waals surface area contributed by atoms with E-state index >= 15 is 0 Å². The quantitative estimate of drug-likeness (QED) is 0.708. The van der Waals surface area contributed by atoms with Crippen molar-refractivity contribution in [3.63, 3.8) is 0 Å². The summed E-state index contributed by atoms with van der Waals surface area (Å²) in [5, 5.41) is 10.4. The summed E-state index contributed by atoms with van der Waals surface area (Å²) in [7, 11) is 0. The highest BCUT2D eigenvalue weighted by atomic mass is 16.4. The van der Waals surface area contributed by atoms with E-state index in [1.165, 1.54) is 6.07 Å². The molecule has 1 aliphatic rings. The second-order valence-corrected chi connectivity index (χ2v) is 4.88. The van der Waals surface area contributed by atoms with E-state index in [4.69, 9.17) is 4.42 Å². The zero-order valence-electron chi connectivity index (χ0n) is 9.69. The Labute approximate surface area is 98.7 Å². The Morgan fingerprint density at radius 3 is 3.00 bits per heavy atom. The van der Waals surface area contributed by atoms with Crippen molar-refractivity contribution in [1.82, 2.24) is 0 Å². The fraction of sp³-hybridized carbons (Fsp3) is 0.357. The molecule has 0 aliphatic heterocycles. The average Bonchev–Trinajstić information content (AvgIpc) is 2.28. The van der Waals surface area contributed by atoms with Crippen molar-refractivity contribution >= 4 is 11.0 Å². The smallest absolute Gasteiger partial charge is 0.339 e. The van der Waals surface area contributed by atoms with Gasteiger partial charge in [0.15, 0.2) is 0 Å². The van der Waals surface area contributed by atoms with Crippen LogP contribution in [0.5, 0.6) is 5.75 Å². The van der Waals surface area contributed by atoms with Gasteiger partial charge in [-0.25, -0.2) is 4.79 Å². The SMILES string of the molecule is CC1CCc2c(c3ccc(O)cc3oc2=O)C1. The minimum Gasteiger partial charge on any atom is -0.508 e. The molecule has 3 rings (SSSR count). The molecule has 1 heterocycles. The maximum absolute atomic E-state index is 11.8. The van der Waals surface area contributed by atoms with Crippen LogP contribution in [0, 0.1) is 5.92 Å². The largest absolute Gasteiger partial charge is 0.508 e. The summed E-state index contributed by atoms with van der Waals surface area (Å²) in [5.41, 5.74) is 2.17. The third-order valence-electron chi connectivity index (χ3n) is 3.54. The Hall–Kier alpha value is -1.77. The van der Waals surface area contributed by atoms with Crippen molar-refractivity contribution < 1.29 is 9.52 Å².